The van der Waals surface area contributed by atoms with Crippen molar-refractivity contribution in [3.8, 4) is 0 Å². The number of aryl methyl sites for hydroxylation is 2. The predicted octanol–water partition coefficient (Wildman–Crippen LogP) is -0.0901. The van der Waals surface area contributed by atoms with Gasteiger partial charge in [-0.3, -0.25) is 4.79 Å². The average Bonchev–Trinajstić information content (AvgIpc) is 2.91. The summed E-state index contributed by atoms with van der Waals surface area (Å²) in [4.78, 5) is 14.0. The van der Waals surface area contributed by atoms with Crippen molar-refractivity contribution in [3.05, 3.63) is 11.5 Å². The molecule has 0 bridgehead atoms. The second-order valence-electron chi connectivity index (χ2n) is 5.74. The second-order valence-corrected chi connectivity index (χ2v) is 7.61. The Morgan fingerprint density at radius 2 is 1.92 bits per heavy atom. The van der Waals surface area contributed by atoms with Crippen molar-refractivity contribution in [2.45, 2.75) is 31.3 Å². The minimum atomic E-state index is -3.67. The number of halogens is 1. The van der Waals surface area contributed by atoms with E-state index in [0.29, 0.717) is 18.8 Å². The Labute approximate surface area is 153 Å². The minimum Gasteiger partial charge on any atom is -0.380 e. The summed E-state index contributed by atoms with van der Waals surface area (Å²) in [5.74, 6) is 0.193. The van der Waals surface area contributed by atoms with Crippen LogP contribution in [0.15, 0.2) is 9.42 Å². The summed E-state index contributed by atoms with van der Waals surface area (Å²) in [6.45, 7) is 4.58. The van der Waals surface area contributed by atoms with Crippen molar-refractivity contribution in [3.63, 3.8) is 0 Å². The molecule has 11 heteroatoms. The van der Waals surface area contributed by atoms with Crippen LogP contribution in [0.2, 0.25) is 0 Å². The zero-order valence-electron chi connectivity index (χ0n) is 14.6. The molecule has 0 radical (unpaired) electrons. The number of rotatable bonds is 6. The number of nitrogens with two attached hydrogens (primary N) is 1. The Morgan fingerprint density at radius 3 is 2.36 bits per heavy atom. The lowest BCUT2D eigenvalue weighted by molar-refractivity contribution is -0.134. The van der Waals surface area contributed by atoms with E-state index < -0.39 is 10.0 Å². The first-order valence-electron chi connectivity index (χ1n) is 7.75. The zero-order chi connectivity index (χ0) is 17.9. The molecule has 0 aromatic carbocycles. The van der Waals surface area contributed by atoms with Crippen LogP contribution in [0.5, 0.6) is 0 Å². The van der Waals surface area contributed by atoms with Gasteiger partial charge in [0.05, 0.1) is 12.5 Å². The third kappa shape index (κ3) is 4.70. The highest BCUT2D eigenvalue weighted by molar-refractivity contribution is 7.89. The molecular weight excluding hydrogens is 372 g/mol. The largest absolute Gasteiger partial charge is 0.380 e. The van der Waals surface area contributed by atoms with Crippen molar-refractivity contribution in [2.75, 3.05) is 39.8 Å². The number of hydrogen-bond donors (Lipinski definition) is 1. The van der Waals surface area contributed by atoms with Gasteiger partial charge in [-0.15, -0.1) is 12.4 Å². The fourth-order valence-corrected chi connectivity index (χ4v) is 4.45. The lowest BCUT2D eigenvalue weighted by Gasteiger charge is -2.34. The topological polar surface area (TPSA) is 119 Å². The number of nitrogens with zero attached hydrogens (tertiary/aromatic N) is 3. The van der Waals surface area contributed by atoms with Gasteiger partial charge in [0.2, 0.25) is 15.9 Å². The maximum atomic E-state index is 12.7. The van der Waals surface area contributed by atoms with Crippen LogP contribution >= 0.6 is 12.4 Å². The van der Waals surface area contributed by atoms with E-state index in [1.807, 2.05) is 0 Å². The number of carbonyl (C=O) groups excluding carboxylic acids is 1. The maximum absolute atomic E-state index is 12.7. The smallest absolute Gasteiger partial charge is 0.248 e. The molecule has 2 heterocycles. The molecule has 9 nitrogen and oxygen atoms in total. The lowest BCUT2D eigenvalue weighted by Crippen LogP contribution is -2.51. The zero-order valence-corrected chi connectivity index (χ0v) is 16.2. The minimum absolute atomic E-state index is 0. The summed E-state index contributed by atoms with van der Waals surface area (Å²) >= 11 is 0. The number of piperazine rings is 1. The van der Waals surface area contributed by atoms with Gasteiger partial charge in [0.1, 0.15) is 10.6 Å². The maximum Gasteiger partial charge on any atom is 0.248 e. The van der Waals surface area contributed by atoms with E-state index in [2.05, 4.69) is 5.16 Å². The summed E-state index contributed by atoms with van der Waals surface area (Å²) in [5.41, 5.74) is 5.87. The first-order chi connectivity index (χ1) is 11.3. The van der Waals surface area contributed by atoms with Crippen LogP contribution in [0.1, 0.15) is 17.9 Å². The quantitative estimate of drug-likeness (QED) is 0.713. The molecule has 1 saturated heterocycles. The Hall–Kier alpha value is -1.20. The van der Waals surface area contributed by atoms with Gasteiger partial charge < -0.3 is 19.9 Å². The molecule has 0 spiro atoms. The van der Waals surface area contributed by atoms with Crippen LogP contribution < -0.4 is 5.73 Å². The molecule has 144 valence electrons. The normalized spacial score (nSPS) is 17.2. The molecule has 0 saturated carbocycles. The van der Waals surface area contributed by atoms with Crippen molar-refractivity contribution in [1.82, 2.24) is 14.4 Å². The molecule has 0 aliphatic carbocycles. The number of aromatic nitrogens is 1. The Morgan fingerprint density at radius 1 is 1.32 bits per heavy atom. The van der Waals surface area contributed by atoms with Gasteiger partial charge in [-0.05, 0) is 13.8 Å². The van der Waals surface area contributed by atoms with Gasteiger partial charge in [0.15, 0.2) is 5.76 Å². The summed E-state index contributed by atoms with van der Waals surface area (Å²) in [6, 6.07) is 0. The van der Waals surface area contributed by atoms with Gasteiger partial charge in [-0.25, -0.2) is 8.42 Å². The summed E-state index contributed by atoms with van der Waals surface area (Å²) < 4.78 is 36.9. The lowest BCUT2D eigenvalue weighted by atomic mass is 10.2. The molecule has 25 heavy (non-hydrogen) atoms. The highest BCUT2D eigenvalue weighted by Gasteiger charge is 2.34. The summed E-state index contributed by atoms with van der Waals surface area (Å²) in [7, 11) is -2.15. The van der Waals surface area contributed by atoms with E-state index in [-0.39, 0.29) is 61.1 Å². The molecule has 1 unspecified atom stereocenters. The van der Waals surface area contributed by atoms with Crippen molar-refractivity contribution < 1.29 is 22.5 Å². The first kappa shape index (κ1) is 21.8. The van der Waals surface area contributed by atoms with Gasteiger partial charge >= 0.3 is 0 Å². The van der Waals surface area contributed by atoms with Crippen LogP contribution in [0.25, 0.3) is 0 Å². The van der Waals surface area contributed by atoms with Crippen LogP contribution in [-0.4, -0.2) is 74.6 Å². The Kier molecular flexibility index (Phi) is 7.82. The van der Waals surface area contributed by atoms with E-state index >= 15 is 0 Å². The van der Waals surface area contributed by atoms with Gasteiger partial charge in [0.25, 0.3) is 0 Å². The number of hydrogen-bond acceptors (Lipinski definition) is 7. The van der Waals surface area contributed by atoms with Crippen LogP contribution in [-0.2, 0) is 19.6 Å². The highest BCUT2D eigenvalue weighted by atomic mass is 35.5. The molecule has 1 atom stereocenters. The first-order valence-corrected chi connectivity index (χ1v) is 9.19. The van der Waals surface area contributed by atoms with Crippen molar-refractivity contribution in [1.29, 1.82) is 0 Å². The monoisotopic (exact) mass is 396 g/mol. The van der Waals surface area contributed by atoms with E-state index in [9.17, 15) is 13.2 Å². The predicted molar refractivity (Wildman–Crippen MR) is 93.0 cm³/mol. The van der Waals surface area contributed by atoms with Crippen molar-refractivity contribution in [2.24, 2.45) is 5.73 Å². The fourth-order valence-electron chi connectivity index (χ4n) is 2.74. The molecule has 1 aromatic rings. The summed E-state index contributed by atoms with van der Waals surface area (Å²) in [5, 5.41) is 3.70. The molecule has 1 aromatic heterocycles. The molecular formula is C14H25ClN4O5S. The molecule has 1 fully saturated rings. The Bertz CT molecular complexity index is 662. The highest BCUT2D eigenvalue weighted by Crippen LogP contribution is 2.24. The molecule has 1 aliphatic rings. The van der Waals surface area contributed by atoms with Gasteiger partial charge in [0, 0.05) is 39.8 Å². The van der Waals surface area contributed by atoms with E-state index in [1.165, 1.54) is 11.4 Å². The number of carbonyl (C=O) groups is 1. The number of amides is 1. The van der Waals surface area contributed by atoms with Crippen molar-refractivity contribution >= 4 is 28.3 Å². The SMILES string of the molecule is COC(CN)CC(=O)N1CCN(S(=O)(=O)c2c(C)noc2C)CC1.Cl. The average molecular weight is 397 g/mol. The van der Waals surface area contributed by atoms with E-state index in [1.54, 1.807) is 18.7 Å². The van der Waals surface area contributed by atoms with Gasteiger partial charge in [-0.1, -0.05) is 5.16 Å². The third-order valence-electron chi connectivity index (χ3n) is 4.16. The number of methoxy groups -OCH3 is 1. The van der Waals surface area contributed by atoms with Gasteiger partial charge in [-0.2, -0.15) is 4.31 Å². The summed E-state index contributed by atoms with van der Waals surface area (Å²) in [6.07, 6.45) is -0.120. The van der Waals surface area contributed by atoms with Crippen LogP contribution in [0.3, 0.4) is 0 Å². The van der Waals surface area contributed by atoms with Crippen LogP contribution in [0.4, 0.5) is 0 Å². The standard InChI is InChI=1S/C14H24N4O5S.ClH/c1-10-14(11(2)23-16-10)24(20,21)18-6-4-17(5-7-18)13(19)8-12(9-15)22-3;/h12H,4-9,15H2,1-3H3;1H. The number of ether oxygens (including phenoxy) is 1. The molecule has 1 amide bonds. The Balaban J connectivity index is 0.00000312. The fraction of sp³-hybridized carbons (Fsp3) is 0.714. The van der Waals surface area contributed by atoms with E-state index in [0.717, 1.165) is 0 Å². The second kappa shape index (κ2) is 8.95. The molecule has 1 aliphatic heterocycles. The van der Waals surface area contributed by atoms with Crippen LogP contribution in [0, 0.1) is 13.8 Å². The third-order valence-corrected chi connectivity index (χ3v) is 6.30. The molecule has 2 N–H and O–H groups in total. The van der Waals surface area contributed by atoms with E-state index in [4.69, 9.17) is 15.0 Å². The molecule has 2 rings (SSSR count). The number of sulfonamides is 1.